The van der Waals surface area contributed by atoms with Crippen LogP contribution in [0.1, 0.15) is 5.89 Å². The topological polar surface area (TPSA) is 82.5 Å². The number of nitrogens with zero attached hydrogens (tertiary/aromatic N) is 6. The minimum atomic E-state index is 0.243. The number of benzene rings is 2. The van der Waals surface area contributed by atoms with Gasteiger partial charge in [0.05, 0.1) is 0 Å². The molecule has 0 bridgehead atoms. The lowest BCUT2D eigenvalue weighted by atomic mass is 10.2. The van der Waals surface area contributed by atoms with Gasteiger partial charge >= 0.3 is 0 Å². The monoisotopic (exact) mass is 338 g/mol. The van der Waals surface area contributed by atoms with Crippen molar-refractivity contribution in [3.8, 4) is 22.8 Å². The molecular weight excluding hydrogens is 328 g/mol. The van der Waals surface area contributed by atoms with Gasteiger partial charge in [-0.2, -0.15) is 9.78 Å². The number of halogens is 1. The third kappa shape index (κ3) is 3.02. The van der Waals surface area contributed by atoms with Crippen molar-refractivity contribution in [2.45, 2.75) is 6.54 Å². The summed E-state index contributed by atoms with van der Waals surface area (Å²) in [5.74, 6) is 1.42. The fourth-order valence-corrected chi connectivity index (χ4v) is 2.39. The molecular formula is C16H11ClN6O. The summed E-state index contributed by atoms with van der Waals surface area (Å²) in [5, 5.41) is 16.9. The Bertz CT molecular complexity index is 965. The molecule has 4 aromatic rings. The molecule has 0 atom stereocenters. The van der Waals surface area contributed by atoms with Crippen LogP contribution in [0.25, 0.3) is 22.8 Å². The molecule has 0 aliphatic rings. The van der Waals surface area contributed by atoms with Gasteiger partial charge in [-0.3, -0.25) is 0 Å². The zero-order valence-corrected chi connectivity index (χ0v) is 13.1. The van der Waals surface area contributed by atoms with E-state index in [-0.39, 0.29) is 6.54 Å². The Kier molecular flexibility index (Phi) is 3.76. The van der Waals surface area contributed by atoms with Crippen LogP contribution in [0.5, 0.6) is 0 Å². The van der Waals surface area contributed by atoms with E-state index in [1.54, 1.807) is 12.1 Å². The highest BCUT2D eigenvalue weighted by atomic mass is 35.5. The molecule has 7 nitrogen and oxygen atoms in total. The van der Waals surface area contributed by atoms with E-state index < -0.39 is 0 Å². The van der Waals surface area contributed by atoms with Gasteiger partial charge in [0.1, 0.15) is 6.54 Å². The summed E-state index contributed by atoms with van der Waals surface area (Å²) in [6.45, 7) is 0.243. The smallest absolute Gasteiger partial charge is 0.250 e. The zero-order valence-electron chi connectivity index (χ0n) is 12.4. The van der Waals surface area contributed by atoms with Crippen molar-refractivity contribution in [1.82, 2.24) is 30.3 Å². The fraction of sp³-hybridized carbons (Fsp3) is 0.0625. The first-order valence-electron chi connectivity index (χ1n) is 7.20. The molecule has 24 heavy (non-hydrogen) atoms. The van der Waals surface area contributed by atoms with E-state index in [0.29, 0.717) is 22.6 Å². The molecule has 8 heteroatoms. The molecule has 0 saturated heterocycles. The summed E-state index contributed by atoms with van der Waals surface area (Å²) in [4.78, 5) is 5.75. The van der Waals surface area contributed by atoms with Crippen LogP contribution >= 0.6 is 11.6 Å². The van der Waals surface area contributed by atoms with Crippen LogP contribution in [0.2, 0.25) is 5.02 Å². The van der Waals surface area contributed by atoms with Crippen LogP contribution in [0.3, 0.4) is 0 Å². The lowest BCUT2D eigenvalue weighted by Gasteiger charge is -1.94. The average molecular weight is 339 g/mol. The predicted octanol–water partition coefficient (Wildman–Crippen LogP) is 3.09. The second kappa shape index (κ2) is 6.21. The lowest BCUT2D eigenvalue weighted by molar-refractivity contribution is 0.356. The van der Waals surface area contributed by atoms with E-state index >= 15 is 0 Å². The number of hydrogen-bond donors (Lipinski definition) is 0. The van der Waals surface area contributed by atoms with Crippen molar-refractivity contribution in [2.24, 2.45) is 0 Å². The Labute approximate surface area is 141 Å². The van der Waals surface area contributed by atoms with Crippen LogP contribution in [0.15, 0.2) is 59.1 Å². The summed E-state index contributed by atoms with van der Waals surface area (Å²) in [6.07, 6.45) is 0. The van der Waals surface area contributed by atoms with Gasteiger partial charge in [-0.25, -0.2) is 0 Å². The molecule has 118 valence electrons. The fourth-order valence-electron chi connectivity index (χ4n) is 2.20. The minimum absolute atomic E-state index is 0.243. The summed E-state index contributed by atoms with van der Waals surface area (Å²) in [5.41, 5.74) is 1.68. The van der Waals surface area contributed by atoms with Crippen molar-refractivity contribution in [2.75, 3.05) is 0 Å². The van der Waals surface area contributed by atoms with Crippen molar-refractivity contribution in [3.63, 3.8) is 0 Å². The van der Waals surface area contributed by atoms with Crippen LogP contribution in [0, 0.1) is 0 Å². The molecule has 2 heterocycles. The van der Waals surface area contributed by atoms with Gasteiger partial charge in [-0.05, 0) is 17.3 Å². The molecule has 4 rings (SSSR count). The third-order valence-corrected chi connectivity index (χ3v) is 3.55. The minimum Gasteiger partial charge on any atom is -0.337 e. The Morgan fingerprint density at radius 2 is 1.79 bits per heavy atom. The summed E-state index contributed by atoms with van der Waals surface area (Å²) in [6, 6.07) is 16.9. The van der Waals surface area contributed by atoms with Crippen LogP contribution in [-0.4, -0.2) is 30.3 Å². The number of hydrogen-bond acceptors (Lipinski definition) is 6. The number of aromatic nitrogens is 6. The van der Waals surface area contributed by atoms with Crippen LogP contribution < -0.4 is 0 Å². The molecule has 0 spiro atoms. The zero-order chi connectivity index (χ0) is 16.4. The van der Waals surface area contributed by atoms with Crippen molar-refractivity contribution in [1.29, 1.82) is 0 Å². The number of tetrazole rings is 1. The van der Waals surface area contributed by atoms with Crippen molar-refractivity contribution in [3.05, 3.63) is 65.5 Å². The second-order valence-corrected chi connectivity index (χ2v) is 5.47. The first-order valence-corrected chi connectivity index (χ1v) is 7.57. The molecule has 0 aliphatic heterocycles. The van der Waals surface area contributed by atoms with Crippen molar-refractivity contribution >= 4 is 11.6 Å². The molecule has 0 N–H and O–H groups in total. The molecule has 0 unspecified atom stereocenters. The summed E-state index contributed by atoms with van der Waals surface area (Å²) >= 11 is 5.98. The van der Waals surface area contributed by atoms with Gasteiger partial charge in [-0.15, -0.1) is 10.2 Å². The standard InChI is InChI=1S/C16H11ClN6O/c17-13-8-4-7-12(9-13)16-19-22-23(20-16)10-14-18-15(21-24-14)11-5-2-1-3-6-11/h1-9H,10H2. The second-order valence-electron chi connectivity index (χ2n) is 5.03. The van der Waals surface area contributed by atoms with Gasteiger partial charge < -0.3 is 4.52 Å². The maximum atomic E-state index is 5.98. The Balaban J connectivity index is 1.54. The third-order valence-electron chi connectivity index (χ3n) is 3.31. The Hall–Kier alpha value is -3.06. The van der Waals surface area contributed by atoms with Gasteiger partial charge in [0, 0.05) is 16.1 Å². The first kappa shape index (κ1) is 14.5. The predicted molar refractivity (Wildman–Crippen MR) is 87.1 cm³/mol. The maximum Gasteiger partial charge on any atom is 0.250 e. The highest BCUT2D eigenvalue weighted by Crippen LogP contribution is 2.19. The van der Waals surface area contributed by atoms with E-state index in [2.05, 4.69) is 25.6 Å². The van der Waals surface area contributed by atoms with Crippen LogP contribution in [-0.2, 0) is 6.54 Å². The molecule has 2 aromatic carbocycles. The molecule has 0 radical (unpaired) electrons. The molecule has 0 aliphatic carbocycles. The van der Waals surface area contributed by atoms with Crippen molar-refractivity contribution < 1.29 is 4.52 Å². The summed E-state index contributed by atoms with van der Waals surface area (Å²) in [7, 11) is 0. The highest BCUT2D eigenvalue weighted by Gasteiger charge is 2.12. The summed E-state index contributed by atoms with van der Waals surface area (Å²) < 4.78 is 5.25. The molecule has 0 amide bonds. The normalized spacial score (nSPS) is 10.9. The van der Waals surface area contributed by atoms with Gasteiger partial charge in [0.25, 0.3) is 5.89 Å². The van der Waals surface area contributed by atoms with Gasteiger partial charge in [-0.1, -0.05) is 59.2 Å². The quantitative estimate of drug-likeness (QED) is 0.568. The van der Waals surface area contributed by atoms with Gasteiger partial charge in [0.15, 0.2) is 0 Å². The molecule has 2 aromatic heterocycles. The van der Waals surface area contributed by atoms with Gasteiger partial charge in [0.2, 0.25) is 11.6 Å². The average Bonchev–Trinajstić information content (AvgIpc) is 3.26. The number of rotatable bonds is 4. The van der Waals surface area contributed by atoms with E-state index in [1.165, 1.54) is 4.80 Å². The van der Waals surface area contributed by atoms with E-state index in [9.17, 15) is 0 Å². The maximum absolute atomic E-state index is 5.98. The van der Waals surface area contributed by atoms with E-state index in [1.807, 2.05) is 42.5 Å². The molecule has 0 saturated carbocycles. The first-order chi connectivity index (χ1) is 11.8. The Morgan fingerprint density at radius 1 is 0.958 bits per heavy atom. The SMILES string of the molecule is Clc1cccc(-c2nnn(Cc3nc(-c4ccccc4)no3)n2)c1. The highest BCUT2D eigenvalue weighted by molar-refractivity contribution is 6.30. The largest absolute Gasteiger partial charge is 0.337 e. The van der Waals surface area contributed by atoms with E-state index in [0.717, 1.165) is 11.1 Å². The Morgan fingerprint density at radius 3 is 2.62 bits per heavy atom. The van der Waals surface area contributed by atoms with E-state index in [4.69, 9.17) is 16.1 Å². The molecule has 0 fully saturated rings. The lowest BCUT2D eigenvalue weighted by Crippen LogP contribution is -2.04. The van der Waals surface area contributed by atoms with Crippen LogP contribution in [0.4, 0.5) is 0 Å².